The van der Waals surface area contributed by atoms with Crippen molar-refractivity contribution in [2.75, 3.05) is 13.2 Å². The Labute approximate surface area is 119 Å². The van der Waals surface area contributed by atoms with Gasteiger partial charge in [0.2, 0.25) is 10.0 Å². The molecule has 106 valence electrons. The van der Waals surface area contributed by atoms with E-state index in [2.05, 4.69) is 0 Å². The van der Waals surface area contributed by atoms with Crippen molar-refractivity contribution < 1.29 is 13.5 Å². The zero-order valence-corrected chi connectivity index (χ0v) is 12.2. The van der Waals surface area contributed by atoms with E-state index < -0.39 is 10.0 Å². The van der Waals surface area contributed by atoms with Crippen molar-refractivity contribution in [2.45, 2.75) is 36.6 Å². The van der Waals surface area contributed by atoms with Gasteiger partial charge in [-0.1, -0.05) is 23.7 Å². The molecule has 1 saturated carbocycles. The lowest BCUT2D eigenvalue weighted by Gasteiger charge is -2.22. The van der Waals surface area contributed by atoms with Crippen LogP contribution in [0.15, 0.2) is 29.2 Å². The van der Waals surface area contributed by atoms with Crippen molar-refractivity contribution >= 4 is 21.6 Å². The topological polar surface area (TPSA) is 57.6 Å². The van der Waals surface area contributed by atoms with Crippen molar-refractivity contribution in [1.29, 1.82) is 0 Å². The van der Waals surface area contributed by atoms with E-state index in [4.69, 9.17) is 16.7 Å². The summed E-state index contributed by atoms with van der Waals surface area (Å²) in [5.41, 5.74) is 0. The van der Waals surface area contributed by atoms with E-state index in [0.29, 0.717) is 19.4 Å². The van der Waals surface area contributed by atoms with Gasteiger partial charge in [0.15, 0.2) is 0 Å². The molecule has 6 heteroatoms. The van der Waals surface area contributed by atoms with Crippen LogP contribution in [0.4, 0.5) is 0 Å². The van der Waals surface area contributed by atoms with E-state index in [1.807, 2.05) is 0 Å². The molecular formula is C13H18ClNO3S. The van der Waals surface area contributed by atoms with Crippen LogP contribution >= 0.6 is 11.6 Å². The van der Waals surface area contributed by atoms with Crippen molar-refractivity contribution in [3.05, 3.63) is 29.3 Å². The second-order valence-corrected chi connectivity index (χ2v) is 6.97. The van der Waals surface area contributed by atoms with Crippen LogP contribution in [0.25, 0.3) is 0 Å². The van der Waals surface area contributed by atoms with Gasteiger partial charge in [0.25, 0.3) is 0 Å². The predicted octanol–water partition coefficient (Wildman–Crippen LogP) is 2.27. The number of hydrogen-bond acceptors (Lipinski definition) is 3. The Morgan fingerprint density at radius 1 is 1.26 bits per heavy atom. The minimum absolute atomic E-state index is 0.0879. The Morgan fingerprint density at radius 2 is 1.95 bits per heavy atom. The fourth-order valence-corrected chi connectivity index (χ4v) is 4.24. The van der Waals surface area contributed by atoms with Gasteiger partial charge in [-0.05, 0) is 37.8 Å². The van der Waals surface area contributed by atoms with Crippen LogP contribution in [0.3, 0.4) is 0 Å². The maximum atomic E-state index is 12.6. The van der Waals surface area contributed by atoms with Gasteiger partial charge in [-0.15, -0.1) is 0 Å². The van der Waals surface area contributed by atoms with Crippen LogP contribution in [0.2, 0.25) is 5.02 Å². The Bertz CT molecular complexity index is 528. The SMILES string of the molecule is O=S(=O)(c1ccccc1Cl)N(CCCCO)C1CC1. The van der Waals surface area contributed by atoms with Gasteiger partial charge in [0.1, 0.15) is 4.90 Å². The highest BCUT2D eigenvalue weighted by molar-refractivity contribution is 7.89. The van der Waals surface area contributed by atoms with Gasteiger partial charge in [-0.2, -0.15) is 4.31 Å². The molecule has 0 aromatic heterocycles. The molecule has 0 atom stereocenters. The highest BCUT2D eigenvalue weighted by atomic mass is 35.5. The highest BCUT2D eigenvalue weighted by Gasteiger charge is 2.38. The Kier molecular flexibility index (Phi) is 4.84. The summed E-state index contributed by atoms with van der Waals surface area (Å²) in [5, 5.41) is 9.07. The first-order valence-electron chi connectivity index (χ1n) is 6.44. The maximum absolute atomic E-state index is 12.6. The molecule has 0 unspecified atom stereocenters. The minimum Gasteiger partial charge on any atom is -0.396 e. The third-order valence-corrected chi connectivity index (χ3v) is 5.62. The molecule has 0 spiro atoms. The first kappa shape index (κ1) is 14.8. The molecule has 1 fully saturated rings. The summed E-state index contributed by atoms with van der Waals surface area (Å²) >= 11 is 5.99. The molecule has 1 aromatic carbocycles. The predicted molar refractivity (Wildman–Crippen MR) is 74.7 cm³/mol. The highest BCUT2D eigenvalue weighted by Crippen LogP contribution is 2.34. The van der Waals surface area contributed by atoms with E-state index in [1.165, 1.54) is 4.31 Å². The second kappa shape index (κ2) is 6.22. The number of aliphatic hydroxyl groups excluding tert-OH is 1. The third kappa shape index (κ3) is 3.48. The summed E-state index contributed by atoms with van der Waals surface area (Å²) in [5.74, 6) is 0. The van der Waals surface area contributed by atoms with Crippen molar-refractivity contribution in [3.8, 4) is 0 Å². The summed E-state index contributed by atoms with van der Waals surface area (Å²) < 4.78 is 26.7. The van der Waals surface area contributed by atoms with Gasteiger partial charge in [0, 0.05) is 19.2 Å². The van der Waals surface area contributed by atoms with Crippen LogP contribution in [0.5, 0.6) is 0 Å². The number of sulfonamides is 1. The zero-order valence-electron chi connectivity index (χ0n) is 10.6. The van der Waals surface area contributed by atoms with E-state index in [-0.39, 0.29) is 22.6 Å². The number of rotatable bonds is 7. The molecule has 2 rings (SSSR count). The molecule has 19 heavy (non-hydrogen) atoms. The summed E-state index contributed by atoms with van der Waals surface area (Å²) in [7, 11) is -3.53. The van der Waals surface area contributed by atoms with Crippen LogP contribution in [0, 0.1) is 0 Å². The van der Waals surface area contributed by atoms with Crippen molar-refractivity contribution in [2.24, 2.45) is 0 Å². The van der Waals surface area contributed by atoms with Gasteiger partial charge in [-0.3, -0.25) is 0 Å². The first-order chi connectivity index (χ1) is 9.07. The van der Waals surface area contributed by atoms with E-state index in [1.54, 1.807) is 24.3 Å². The monoisotopic (exact) mass is 303 g/mol. The van der Waals surface area contributed by atoms with Crippen LogP contribution in [0.1, 0.15) is 25.7 Å². The minimum atomic E-state index is -3.53. The number of hydrogen-bond donors (Lipinski definition) is 1. The van der Waals surface area contributed by atoms with Gasteiger partial charge in [0.05, 0.1) is 5.02 Å². The Hall–Kier alpha value is -0.620. The fraction of sp³-hybridized carbons (Fsp3) is 0.538. The van der Waals surface area contributed by atoms with E-state index in [9.17, 15) is 8.42 Å². The van der Waals surface area contributed by atoms with Crippen LogP contribution in [-0.4, -0.2) is 37.0 Å². The average molecular weight is 304 g/mol. The van der Waals surface area contributed by atoms with E-state index in [0.717, 1.165) is 12.8 Å². The Balaban J connectivity index is 2.22. The first-order valence-corrected chi connectivity index (χ1v) is 8.26. The van der Waals surface area contributed by atoms with Crippen LogP contribution in [-0.2, 0) is 10.0 Å². The number of nitrogens with zero attached hydrogens (tertiary/aromatic N) is 1. The summed E-state index contributed by atoms with van der Waals surface area (Å²) in [6.45, 7) is 0.531. The average Bonchev–Trinajstić information content (AvgIpc) is 3.19. The lowest BCUT2D eigenvalue weighted by molar-refractivity contribution is 0.275. The fourth-order valence-electron chi connectivity index (χ4n) is 2.02. The molecule has 4 nitrogen and oxygen atoms in total. The smallest absolute Gasteiger partial charge is 0.244 e. The normalized spacial score (nSPS) is 15.9. The third-order valence-electron chi connectivity index (χ3n) is 3.16. The molecule has 0 heterocycles. The lowest BCUT2D eigenvalue weighted by Crippen LogP contribution is -2.34. The molecule has 0 amide bonds. The number of benzene rings is 1. The lowest BCUT2D eigenvalue weighted by atomic mass is 10.3. The van der Waals surface area contributed by atoms with Gasteiger partial charge in [-0.25, -0.2) is 8.42 Å². The second-order valence-electron chi connectivity index (χ2n) is 4.71. The van der Waals surface area contributed by atoms with Crippen molar-refractivity contribution in [1.82, 2.24) is 4.31 Å². The van der Waals surface area contributed by atoms with Crippen LogP contribution < -0.4 is 0 Å². The van der Waals surface area contributed by atoms with E-state index >= 15 is 0 Å². The molecule has 0 aliphatic heterocycles. The summed E-state index contributed by atoms with van der Waals surface area (Å²) in [4.78, 5) is 0.174. The quantitative estimate of drug-likeness (QED) is 0.786. The zero-order chi connectivity index (χ0) is 13.9. The summed E-state index contributed by atoms with van der Waals surface area (Å²) in [6, 6.07) is 6.62. The largest absolute Gasteiger partial charge is 0.396 e. The van der Waals surface area contributed by atoms with Gasteiger partial charge >= 0.3 is 0 Å². The maximum Gasteiger partial charge on any atom is 0.244 e. The van der Waals surface area contributed by atoms with Crippen molar-refractivity contribution in [3.63, 3.8) is 0 Å². The number of unbranched alkanes of at least 4 members (excludes halogenated alkanes) is 1. The molecule has 1 aliphatic rings. The number of halogens is 1. The molecule has 0 bridgehead atoms. The Morgan fingerprint density at radius 3 is 2.53 bits per heavy atom. The standard InChI is InChI=1S/C13H18ClNO3S/c14-12-5-1-2-6-13(12)19(17,18)15(11-7-8-11)9-3-4-10-16/h1-2,5-6,11,16H,3-4,7-10H2. The molecule has 1 N–H and O–H groups in total. The number of aliphatic hydroxyl groups is 1. The molecule has 1 aliphatic carbocycles. The van der Waals surface area contributed by atoms with Gasteiger partial charge < -0.3 is 5.11 Å². The summed E-state index contributed by atoms with van der Waals surface area (Å²) in [6.07, 6.45) is 3.09. The molecular weight excluding hydrogens is 286 g/mol. The molecule has 0 saturated heterocycles. The molecule has 0 radical (unpaired) electrons. The molecule has 1 aromatic rings.